The molecule has 0 aliphatic carbocycles. The third-order valence-corrected chi connectivity index (χ3v) is 5.84. The molecule has 2 aromatic carbocycles. The van der Waals surface area contributed by atoms with Crippen molar-refractivity contribution in [3.8, 4) is 21.7 Å². The van der Waals surface area contributed by atoms with Crippen LogP contribution in [-0.4, -0.2) is 10.9 Å². The summed E-state index contributed by atoms with van der Waals surface area (Å²) in [6.07, 6.45) is 0. The number of nitrogens with one attached hydrogen (secondary N) is 1. The molecule has 4 aromatic rings. The zero-order valence-electron chi connectivity index (χ0n) is 14.1. The minimum Gasteiger partial charge on any atom is -0.297 e. The van der Waals surface area contributed by atoms with Crippen molar-refractivity contribution < 1.29 is 4.79 Å². The van der Waals surface area contributed by atoms with Crippen LogP contribution < -0.4 is 5.32 Å². The summed E-state index contributed by atoms with van der Waals surface area (Å²) in [5, 5.41) is 5.44. The third kappa shape index (κ3) is 3.45. The largest absolute Gasteiger partial charge is 0.297 e. The van der Waals surface area contributed by atoms with Crippen molar-refractivity contribution in [1.82, 2.24) is 4.98 Å². The van der Waals surface area contributed by atoms with E-state index in [0.717, 1.165) is 21.7 Å². The van der Waals surface area contributed by atoms with Gasteiger partial charge in [0, 0.05) is 5.56 Å². The fourth-order valence-corrected chi connectivity index (χ4v) is 4.24. The van der Waals surface area contributed by atoms with Gasteiger partial charge < -0.3 is 0 Å². The first-order chi connectivity index (χ1) is 12.7. The monoisotopic (exact) mass is 376 g/mol. The highest BCUT2D eigenvalue weighted by molar-refractivity contribution is 7.19. The lowest BCUT2D eigenvalue weighted by Crippen LogP contribution is -2.09. The molecule has 0 saturated heterocycles. The number of hydrogen-bond donors (Lipinski definition) is 1. The van der Waals surface area contributed by atoms with Gasteiger partial charge in [0.05, 0.1) is 15.4 Å². The van der Waals surface area contributed by atoms with Gasteiger partial charge in [0.2, 0.25) is 0 Å². The summed E-state index contributed by atoms with van der Waals surface area (Å²) >= 11 is 2.92. The lowest BCUT2D eigenvalue weighted by molar-refractivity contribution is 0.103. The zero-order valence-corrected chi connectivity index (χ0v) is 15.7. The summed E-state index contributed by atoms with van der Waals surface area (Å²) in [7, 11) is 0. The molecule has 0 aliphatic heterocycles. The van der Waals surface area contributed by atoms with Gasteiger partial charge in [-0.3, -0.25) is 10.1 Å². The number of thiazole rings is 1. The van der Waals surface area contributed by atoms with Crippen LogP contribution in [-0.2, 0) is 0 Å². The van der Waals surface area contributed by atoms with E-state index < -0.39 is 0 Å². The quantitative estimate of drug-likeness (QED) is 0.467. The molecule has 0 bridgehead atoms. The van der Waals surface area contributed by atoms with Crippen LogP contribution in [0.1, 0.15) is 15.2 Å². The van der Waals surface area contributed by atoms with E-state index in [4.69, 9.17) is 4.98 Å². The van der Waals surface area contributed by atoms with Crippen LogP contribution in [0.4, 0.5) is 5.13 Å². The number of aryl methyl sites for hydroxylation is 1. The highest BCUT2D eigenvalue weighted by Crippen LogP contribution is 2.39. The average molecular weight is 377 g/mol. The van der Waals surface area contributed by atoms with Crippen LogP contribution in [0.2, 0.25) is 0 Å². The molecule has 26 heavy (non-hydrogen) atoms. The fourth-order valence-electron chi connectivity index (χ4n) is 2.63. The third-order valence-electron chi connectivity index (χ3n) is 3.95. The molecule has 4 rings (SSSR count). The maximum Gasteiger partial charge on any atom is 0.267 e. The van der Waals surface area contributed by atoms with Gasteiger partial charge >= 0.3 is 0 Å². The van der Waals surface area contributed by atoms with Gasteiger partial charge in [0.1, 0.15) is 0 Å². The molecule has 1 N–H and O–H groups in total. The van der Waals surface area contributed by atoms with Crippen LogP contribution in [0.25, 0.3) is 21.7 Å². The number of carbonyl (C=O) groups excluding carboxylic acids is 1. The molecule has 0 fully saturated rings. The summed E-state index contributed by atoms with van der Waals surface area (Å²) in [5.74, 6) is -0.121. The van der Waals surface area contributed by atoms with Gasteiger partial charge in [-0.1, -0.05) is 77.6 Å². The first-order valence-electron chi connectivity index (χ1n) is 8.19. The summed E-state index contributed by atoms with van der Waals surface area (Å²) in [5.41, 5.74) is 4.24. The van der Waals surface area contributed by atoms with Crippen molar-refractivity contribution in [1.29, 1.82) is 0 Å². The minimum atomic E-state index is -0.121. The van der Waals surface area contributed by atoms with E-state index in [-0.39, 0.29) is 5.91 Å². The van der Waals surface area contributed by atoms with Crippen LogP contribution in [0.5, 0.6) is 0 Å². The van der Waals surface area contributed by atoms with E-state index in [0.29, 0.717) is 10.0 Å². The van der Waals surface area contributed by atoms with Crippen molar-refractivity contribution in [3.05, 3.63) is 82.6 Å². The molecule has 0 spiro atoms. The van der Waals surface area contributed by atoms with Gasteiger partial charge in [-0.25, -0.2) is 4.98 Å². The standard InChI is InChI=1S/C21H16N2OS2/c1-14-9-11-16(12-10-14)19-18(15-6-3-2-4-7-15)22-21(26-19)23-20(24)17-8-5-13-25-17/h2-13H,1H3,(H,22,23,24). The van der Waals surface area contributed by atoms with Gasteiger partial charge in [-0.15, -0.1) is 11.3 Å². The number of carbonyl (C=O) groups is 1. The second kappa shape index (κ2) is 7.23. The Labute approximate surface area is 160 Å². The Bertz CT molecular complexity index is 1020. The van der Waals surface area contributed by atoms with E-state index in [1.807, 2.05) is 47.8 Å². The Morgan fingerprint density at radius 2 is 1.69 bits per heavy atom. The predicted octanol–water partition coefficient (Wildman–Crippen LogP) is 6.10. The van der Waals surface area contributed by atoms with Gasteiger partial charge in [-0.2, -0.15) is 0 Å². The molecule has 128 valence electrons. The number of anilines is 1. The van der Waals surface area contributed by atoms with Gasteiger partial charge in [0.15, 0.2) is 5.13 Å². The lowest BCUT2D eigenvalue weighted by atomic mass is 10.1. The summed E-state index contributed by atoms with van der Waals surface area (Å²) < 4.78 is 0. The van der Waals surface area contributed by atoms with Gasteiger partial charge in [-0.05, 0) is 23.9 Å². The maximum absolute atomic E-state index is 12.4. The lowest BCUT2D eigenvalue weighted by Gasteiger charge is -2.03. The van der Waals surface area contributed by atoms with Crippen LogP contribution in [0.15, 0.2) is 72.1 Å². The Morgan fingerprint density at radius 3 is 2.38 bits per heavy atom. The SMILES string of the molecule is Cc1ccc(-c2sc(NC(=O)c3cccs3)nc2-c2ccccc2)cc1. The predicted molar refractivity (Wildman–Crippen MR) is 110 cm³/mol. The molecule has 0 atom stereocenters. The first-order valence-corrected chi connectivity index (χ1v) is 9.88. The van der Waals surface area contributed by atoms with Crippen molar-refractivity contribution >= 4 is 33.7 Å². The molecule has 0 radical (unpaired) electrons. The van der Waals surface area contributed by atoms with Crippen molar-refractivity contribution in [3.63, 3.8) is 0 Å². The summed E-state index contributed by atoms with van der Waals surface area (Å²) in [6.45, 7) is 2.07. The van der Waals surface area contributed by atoms with Crippen LogP contribution in [0.3, 0.4) is 0 Å². The maximum atomic E-state index is 12.4. The average Bonchev–Trinajstić information content (AvgIpc) is 3.33. The van der Waals surface area contributed by atoms with E-state index in [9.17, 15) is 4.79 Å². The smallest absolute Gasteiger partial charge is 0.267 e. The molecule has 5 heteroatoms. The van der Waals surface area contributed by atoms with E-state index in [2.05, 4.69) is 36.5 Å². The summed E-state index contributed by atoms with van der Waals surface area (Å²) in [6, 6.07) is 22.1. The number of hydrogen-bond acceptors (Lipinski definition) is 4. The summed E-state index contributed by atoms with van der Waals surface area (Å²) in [4.78, 5) is 18.8. The van der Waals surface area contributed by atoms with Crippen LogP contribution in [0, 0.1) is 6.92 Å². The van der Waals surface area contributed by atoms with E-state index in [1.165, 1.54) is 28.2 Å². The topological polar surface area (TPSA) is 42.0 Å². The first kappa shape index (κ1) is 16.7. The number of nitrogens with zero attached hydrogens (tertiary/aromatic N) is 1. The molecule has 0 unspecified atom stereocenters. The Balaban J connectivity index is 1.75. The molecule has 2 aromatic heterocycles. The number of thiophene rings is 1. The van der Waals surface area contributed by atoms with Crippen molar-refractivity contribution in [2.45, 2.75) is 6.92 Å². The molecular formula is C21H16N2OS2. The molecule has 0 saturated carbocycles. The van der Waals surface area contributed by atoms with Crippen molar-refractivity contribution in [2.75, 3.05) is 5.32 Å². The Hall–Kier alpha value is -2.76. The number of benzene rings is 2. The van der Waals surface area contributed by atoms with Crippen molar-refractivity contribution in [2.24, 2.45) is 0 Å². The minimum absolute atomic E-state index is 0.121. The molecular weight excluding hydrogens is 360 g/mol. The molecule has 0 aliphatic rings. The molecule has 3 nitrogen and oxygen atoms in total. The van der Waals surface area contributed by atoms with E-state index >= 15 is 0 Å². The normalized spacial score (nSPS) is 10.7. The Morgan fingerprint density at radius 1 is 0.923 bits per heavy atom. The zero-order chi connectivity index (χ0) is 17.9. The highest BCUT2D eigenvalue weighted by Gasteiger charge is 2.17. The number of amides is 1. The number of aromatic nitrogens is 1. The van der Waals surface area contributed by atoms with E-state index in [1.54, 1.807) is 0 Å². The fraction of sp³-hybridized carbons (Fsp3) is 0.0476. The second-order valence-corrected chi connectivity index (χ2v) is 7.81. The van der Waals surface area contributed by atoms with Crippen LogP contribution >= 0.6 is 22.7 Å². The van der Waals surface area contributed by atoms with Gasteiger partial charge in [0.25, 0.3) is 5.91 Å². The molecule has 1 amide bonds. The second-order valence-electron chi connectivity index (χ2n) is 5.86. The highest BCUT2D eigenvalue weighted by atomic mass is 32.1. The molecule has 2 heterocycles. The Kier molecular flexibility index (Phi) is 4.65. The number of rotatable bonds is 4.